The molecule has 0 aromatic rings. The average Bonchev–Trinajstić information content (AvgIpc) is 1.87. The summed E-state index contributed by atoms with van der Waals surface area (Å²) < 4.78 is 0. The summed E-state index contributed by atoms with van der Waals surface area (Å²) in [7, 11) is 0. The van der Waals surface area contributed by atoms with Gasteiger partial charge in [-0.05, 0) is 25.6 Å². The maximum absolute atomic E-state index is 10.2. The Labute approximate surface area is 63.3 Å². The lowest BCUT2D eigenvalue weighted by Crippen LogP contribution is -1.97. The van der Waals surface area contributed by atoms with Crippen LogP contribution < -0.4 is 0 Å². The van der Waals surface area contributed by atoms with Crippen molar-refractivity contribution < 1.29 is 9.90 Å². The monoisotopic (exact) mass is 157 g/mol. The second-order valence-corrected chi connectivity index (χ2v) is 2.68. The molecule has 0 fully saturated rings. The smallest absolute Gasteiger partial charge is 0.332 e. The number of carbonyl (C=O) groups is 1. The molecule has 54 valence electrons. The van der Waals surface area contributed by atoms with Crippen LogP contribution in [0.15, 0.2) is 10.5 Å². The van der Waals surface area contributed by atoms with Gasteiger partial charge in [0.05, 0.1) is 0 Å². The minimum Gasteiger partial charge on any atom is -0.478 e. The molecular formula is C6H7NO2S. The van der Waals surface area contributed by atoms with Gasteiger partial charge in [0.1, 0.15) is 5.40 Å². The third kappa shape index (κ3) is 2.55. The molecule has 0 radical (unpaired) electrons. The number of thioether (sulfide) groups is 1. The van der Waals surface area contributed by atoms with Crippen LogP contribution in [0.25, 0.3) is 0 Å². The van der Waals surface area contributed by atoms with Crippen LogP contribution in [0.4, 0.5) is 0 Å². The van der Waals surface area contributed by atoms with Crippen LogP contribution in [0.2, 0.25) is 0 Å². The predicted octanol–water partition coefficient (Wildman–Crippen LogP) is 1.58. The molecule has 0 spiro atoms. The Bertz CT molecular complexity index is 214. The number of nitriles is 1. The third-order valence-electron chi connectivity index (χ3n) is 1.05. The first kappa shape index (κ1) is 9.05. The first-order valence-electron chi connectivity index (χ1n) is 2.56. The zero-order chi connectivity index (χ0) is 8.15. The lowest BCUT2D eigenvalue weighted by atomic mass is 10.3. The van der Waals surface area contributed by atoms with Crippen molar-refractivity contribution in [1.29, 1.82) is 5.26 Å². The second kappa shape index (κ2) is 3.96. The molecule has 1 N–H and O–H groups in total. The number of rotatable bonds is 2. The maximum Gasteiger partial charge on any atom is 0.332 e. The van der Waals surface area contributed by atoms with Gasteiger partial charge in [0.25, 0.3) is 0 Å². The normalized spacial score (nSPS) is 11.7. The number of aliphatic carboxylic acids is 1. The molecule has 0 aromatic heterocycles. The molecule has 4 heteroatoms. The quantitative estimate of drug-likeness (QED) is 0.488. The van der Waals surface area contributed by atoms with Crippen LogP contribution in [0.1, 0.15) is 13.8 Å². The van der Waals surface area contributed by atoms with E-state index in [0.29, 0.717) is 4.91 Å². The average molecular weight is 157 g/mol. The van der Waals surface area contributed by atoms with Gasteiger partial charge in [-0.2, -0.15) is 5.26 Å². The number of carboxylic acids is 1. The number of allylic oxidation sites excluding steroid dienone is 1. The third-order valence-corrected chi connectivity index (χ3v) is 1.75. The van der Waals surface area contributed by atoms with Crippen LogP contribution >= 0.6 is 11.8 Å². The maximum atomic E-state index is 10.2. The molecule has 0 unspecified atom stereocenters. The van der Waals surface area contributed by atoms with Crippen LogP contribution in [-0.2, 0) is 4.79 Å². The van der Waals surface area contributed by atoms with E-state index in [1.165, 1.54) is 6.92 Å². The van der Waals surface area contributed by atoms with Crippen molar-refractivity contribution in [2.24, 2.45) is 0 Å². The Kier molecular flexibility index (Phi) is 3.59. The fraction of sp³-hybridized carbons (Fsp3) is 0.333. The summed E-state index contributed by atoms with van der Waals surface area (Å²) in [6, 6.07) is 0. The molecule has 3 nitrogen and oxygen atoms in total. The molecule has 10 heavy (non-hydrogen) atoms. The molecule has 0 rings (SSSR count). The molecule has 0 heterocycles. The van der Waals surface area contributed by atoms with E-state index in [1.54, 1.807) is 12.3 Å². The van der Waals surface area contributed by atoms with Crippen LogP contribution in [0.3, 0.4) is 0 Å². The van der Waals surface area contributed by atoms with E-state index in [9.17, 15) is 4.79 Å². The highest BCUT2D eigenvalue weighted by Crippen LogP contribution is 2.16. The van der Waals surface area contributed by atoms with Crippen molar-refractivity contribution >= 4 is 17.7 Å². The minimum atomic E-state index is -0.972. The molecule has 0 aliphatic heterocycles. The number of carboxylic acid groups (broad SMARTS) is 1. The summed E-state index contributed by atoms with van der Waals surface area (Å²) in [4.78, 5) is 10.8. The van der Waals surface area contributed by atoms with E-state index in [2.05, 4.69) is 0 Å². The molecule has 0 amide bonds. The van der Waals surface area contributed by atoms with E-state index < -0.39 is 5.97 Å². The van der Waals surface area contributed by atoms with Crippen molar-refractivity contribution in [3.05, 3.63) is 10.5 Å². The molecule has 0 saturated carbocycles. The summed E-state index contributed by atoms with van der Waals surface area (Å²) in [5, 5.41) is 18.4. The molecule has 0 bridgehead atoms. The standard InChI is InChI=1S/C6H7NO2S/c1-4(6(8)9)5(2)10-3-7/h1-2H3,(H,8,9)/b5-4+. The molecular weight excluding hydrogens is 150 g/mol. The highest BCUT2D eigenvalue weighted by Gasteiger charge is 2.04. The summed E-state index contributed by atoms with van der Waals surface area (Å²) >= 11 is 0.872. The van der Waals surface area contributed by atoms with Gasteiger partial charge < -0.3 is 5.11 Å². The zero-order valence-corrected chi connectivity index (χ0v) is 6.53. The van der Waals surface area contributed by atoms with Crippen molar-refractivity contribution in [2.75, 3.05) is 0 Å². The molecule has 0 aliphatic rings. The van der Waals surface area contributed by atoms with Crippen molar-refractivity contribution in [2.45, 2.75) is 13.8 Å². The van der Waals surface area contributed by atoms with Gasteiger partial charge in [-0.3, -0.25) is 0 Å². The summed E-state index contributed by atoms with van der Waals surface area (Å²) in [6.07, 6.45) is 0. The van der Waals surface area contributed by atoms with Crippen LogP contribution in [0, 0.1) is 10.7 Å². The van der Waals surface area contributed by atoms with Crippen molar-refractivity contribution in [3.8, 4) is 5.40 Å². The lowest BCUT2D eigenvalue weighted by Gasteiger charge is -1.94. The fourth-order valence-corrected chi connectivity index (χ4v) is 0.673. The zero-order valence-electron chi connectivity index (χ0n) is 5.71. The molecule has 0 atom stereocenters. The Morgan fingerprint density at radius 2 is 2.10 bits per heavy atom. The Balaban J connectivity index is 4.38. The van der Waals surface area contributed by atoms with Crippen LogP contribution in [0.5, 0.6) is 0 Å². The fourth-order valence-electron chi connectivity index (χ4n) is 0.296. The summed E-state index contributed by atoms with van der Waals surface area (Å²) in [5.41, 5.74) is 0.228. The number of thiocyanates is 1. The van der Waals surface area contributed by atoms with Crippen LogP contribution in [-0.4, -0.2) is 11.1 Å². The lowest BCUT2D eigenvalue weighted by molar-refractivity contribution is -0.132. The van der Waals surface area contributed by atoms with Crippen molar-refractivity contribution in [3.63, 3.8) is 0 Å². The number of hydrogen-bond donors (Lipinski definition) is 1. The summed E-state index contributed by atoms with van der Waals surface area (Å²) in [5.74, 6) is -0.972. The first-order valence-corrected chi connectivity index (χ1v) is 3.38. The summed E-state index contributed by atoms with van der Waals surface area (Å²) in [6.45, 7) is 3.08. The van der Waals surface area contributed by atoms with Gasteiger partial charge in [-0.25, -0.2) is 4.79 Å². The van der Waals surface area contributed by atoms with Gasteiger partial charge in [-0.1, -0.05) is 0 Å². The van der Waals surface area contributed by atoms with Gasteiger partial charge >= 0.3 is 5.97 Å². The topological polar surface area (TPSA) is 61.1 Å². The first-order chi connectivity index (χ1) is 4.59. The van der Waals surface area contributed by atoms with E-state index >= 15 is 0 Å². The number of hydrogen-bond acceptors (Lipinski definition) is 3. The highest BCUT2D eigenvalue weighted by molar-refractivity contribution is 8.07. The van der Waals surface area contributed by atoms with Crippen molar-refractivity contribution in [1.82, 2.24) is 0 Å². The Hall–Kier alpha value is -0.950. The second-order valence-electron chi connectivity index (χ2n) is 1.68. The molecule has 0 aliphatic carbocycles. The number of nitrogens with zero attached hydrogens (tertiary/aromatic N) is 1. The van der Waals surface area contributed by atoms with E-state index in [1.807, 2.05) is 0 Å². The molecule has 0 aromatic carbocycles. The van der Waals surface area contributed by atoms with Gasteiger partial charge in [0.2, 0.25) is 0 Å². The highest BCUT2D eigenvalue weighted by atomic mass is 32.2. The SMILES string of the molecule is C/C(SC#N)=C(/C)C(=O)O. The van der Waals surface area contributed by atoms with E-state index in [0.717, 1.165) is 11.8 Å². The predicted molar refractivity (Wildman–Crippen MR) is 39.2 cm³/mol. The van der Waals surface area contributed by atoms with Gasteiger partial charge in [-0.15, -0.1) is 0 Å². The molecule has 0 saturated heterocycles. The van der Waals surface area contributed by atoms with Gasteiger partial charge in [0.15, 0.2) is 0 Å². The minimum absolute atomic E-state index is 0.228. The van der Waals surface area contributed by atoms with E-state index in [4.69, 9.17) is 10.4 Å². The van der Waals surface area contributed by atoms with E-state index in [-0.39, 0.29) is 5.57 Å². The Morgan fingerprint density at radius 3 is 2.40 bits per heavy atom. The Morgan fingerprint density at radius 1 is 1.60 bits per heavy atom. The largest absolute Gasteiger partial charge is 0.478 e. The van der Waals surface area contributed by atoms with Gasteiger partial charge in [0, 0.05) is 10.5 Å².